The van der Waals surface area contributed by atoms with E-state index in [1.165, 1.54) is 0 Å². The van der Waals surface area contributed by atoms with E-state index in [4.69, 9.17) is 4.74 Å². The van der Waals surface area contributed by atoms with Crippen molar-refractivity contribution in [2.45, 2.75) is 52.8 Å². The van der Waals surface area contributed by atoms with Gasteiger partial charge in [-0.1, -0.05) is 26.0 Å². The number of amides is 1. The third-order valence-electron chi connectivity index (χ3n) is 6.84. The van der Waals surface area contributed by atoms with Crippen molar-refractivity contribution >= 4 is 11.6 Å². The summed E-state index contributed by atoms with van der Waals surface area (Å²) in [4.78, 5) is 25.8. The van der Waals surface area contributed by atoms with Gasteiger partial charge in [0.25, 0.3) is 5.91 Å². The van der Waals surface area contributed by atoms with Crippen LogP contribution in [0.15, 0.2) is 24.3 Å². The Bertz CT molecular complexity index is 995. The molecule has 1 aliphatic carbocycles. The molecule has 8 heteroatoms. The first kappa shape index (κ1) is 20.5. The highest BCUT2D eigenvalue weighted by Crippen LogP contribution is 2.54. The molecule has 2 fully saturated rings. The zero-order valence-electron chi connectivity index (χ0n) is 18.1. The van der Waals surface area contributed by atoms with Crippen molar-refractivity contribution in [1.29, 1.82) is 0 Å². The van der Waals surface area contributed by atoms with Gasteiger partial charge in [-0.15, -0.1) is 0 Å². The van der Waals surface area contributed by atoms with Crippen molar-refractivity contribution in [3.63, 3.8) is 0 Å². The molecule has 0 N–H and O–H groups in total. The van der Waals surface area contributed by atoms with Crippen LogP contribution in [0.25, 0.3) is 0 Å². The van der Waals surface area contributed by atoms with E-state index in [0.29, 0.717) is 29.4 Å². The molecule has 1 saturated heterocycles. The molecule has 4 rings (SSSR count). The largest absolute Gasteiger partial charge is 0.377 e. The van der Waals surface area contributed by atoms with E-state index >= 15 is 0 Å². The molecule has 30 heavy (non-hydrogen) atoms. The fourth-order valence-electron chi connectivity index (χ4n) is 5.45. The third kappa shape index (κ3) is 3.10. The van der Waals surface area contributed by atoms with E-state index in [1.807, 2.05) is 36.2 Å². The molecule has 1 amide bonds. The minimum absolute atomic E-state index is 0.00623. The molecule has 2 aliphatic rings. The van der Waals surface area contributed by atoms with Gasteiger partial charge in [-0.3, -0.25) is 19.6 Å². The number of ether oxygens (including phenoxy) is 1. The van der Waals surface area contributed by atoms with Crippen LogP contribution in [-0.4, -0.2) is 51.3 Å². The Morgan fingerprint density at radius 3 is 2.60 bits per heavy atom. The predicted molar refractivity (Wildman–Crippen MR) is 111 cm³/mol. The summed E-state index contributed by atoms with van der Waals surface area (Å²) in [6.07, 6.45) is 1.24. The molecule has 8 nitrogen and oxygen atoms in total. The van der Waals surface area contributed by atoms with E-state index in [-0.39, 0.29) is 29.2 Å². The van der Waals surface area contributed by atoms with Crippen LogP contribution < -0.4 is 0 Å². The lowest BCUT2D eigenvalue weighted by Crippen LogP contribution is -2.66. The number of fused-ring (bicyclic) bond motifs is 1. The number of aryl methyl sites for hydroxylation is 1. The first-order chi connectivity index (χ1) is 14.1. The number of carbonyl (C=O) groups is 1. The van der Waals surface area contributed by atoms with Gasteiger partial charge in [0.1, 0.15) is 11.4 Å². The number of nitro groups is 1. The van der Waals surface area contributed by atoms with Gasteiger partial charge in [0.05, 0.1) is 17.6 Å². The molecule has 0 radical (unpaired) electrons. The summed E-state index contributed by atoms with van der Waals surface area (Å²) in [6, 6.07) is 7.59. The Hall–Kier alpha value is -2.74. The number of hydrogen-bond donors (Lipinski definition) is 0. The van der Waals surface area contributed by atoms with E-state index in [1.54, 1.807) is 18.5 Å². The second kappa shape index (κ2) is 7.19. The number of benzene rings is 1. The van der Waals surface area contributed by atoms with Crippen LogP contribution in [0.5, 0.6) is 0 Å². The van der Waals surface area contributed by atoms with Gasteiger partial charge in [-0.05, 0) is 38.0 Å². The summed E-state index contributed by atoms with van der Waals surface area (Å²) in [5.41, 5.74) is 2.51. The average Bonchev–Trinajstić information content (AvgIpc) is 3.24. The topological polar surface area (TPSA) is 90.5 Å². The second-order valence-electron chi connectivity index (χ2n) is 9.06. The van der Waals surface area contributed by atoms with E-state index in [9.17, 15) is 14.9 Å². The van der Waals surface area contributed by atoms with Gasteiger partial charge >= 0.3 is 5.69 Å². The fourth-order valence-corrected chi connectivity index (χ4v) is 5.45. The Balaban J connectivity index is 1.48. The predicted octanol–water partition coefficient (Wildman–Crippen LogP) is 3.34. The molecule has 3 atom stereocenters. The van der Waals surface area contributed by atoms with Crippen molar-refractivity contribution in [2.75, 3.05) is 13.7 Å². The maximum absolute atomic E-state index is 13.1. The monoisotopic (exact) mass is 412 g/mol. The standard InChI is InChI=1S/C22H28N4O4/c1-13-18(26(28)29)14(2)25(23-13)12-15-6-8-16(9-7-15)21(27)24(5)19-17-10-11-30-20(17)22(19,3)4/h6-9,17,19-20H,10-12H2,1-5H3/t17-,19+,20+/m0/s1. The van der Waals surface area contributed by atoms with Gasteiger partial charge < -0.3 is 9.64 Å². The van der Waals surface area contributed by atoms with Crippen LogP contribution in [0.4, 0.5) is 5.69 Å². The molecule has 1 aromatic carbocycles. The van der Waals surface area contributed by atoms with Gasteiger partial charge in [0.15, 0.2) is 0 Å². The number of nitrogens with zero attached hydrogens (tertiary/aromatic N) is 4. The van der Waals surface area contributed by atoms with Crippen LogP contribution in [0.3, 0.4) is 0 Å². The SMILES string of the molecule is Cc1nn(Cc2ccc(C(=O)N(C)[C@@H]3[C@@H]4CCO[C@H]4C3(C)C)cc2)c(C)c1[N+](=O)[O-]. The number of aromatic nitrogens is 2. The van der Waals surface area contributed by atoms with Gasteiger partial charge in [-0.25, -0.2) is 0 Å². The van der Waals surface area contributed by atoms with Crippen LogP contribution in [0.2, 0.25) is 0 Å². The highest BCUT2D eigenvalue weighted by molar-refractivity contribution is 5.94. The first-order valence-electron chi connectivity index (χ1n) is 10.3. The summed E-state index contributed by atoms with van der Waals surface area (Å²) in [5.74, 6) is 0.418. The molecule has 160 valence electrons. The molecule has 2 aromatic rings. The van der Waals surface area contributed by atoms with Crippen LogP contribution in [-0.2, 0) is 11.3 Å². The normalized spacial score (nSPS) is 24.2. The molecule has 1 aliphatic heterocycles. The number of rotatable bonds is 5. The highest BCUT2D eigenvalue weighted by atomic mass is 16.6. The second-order valence-corrected chi connectivity index (χ2v) is 9.06. The lowest BCUT2D eigenvalue weighted by molar-refractivity contribution is -0.386. The number of hydrogen-bond acceptors (Lipinski definition) is 5. The lowest BCUT2D eigenvalue weighted by atomic mass is 9.56. The Labute approximate surface area is 176 Å². The molecule has 1 saturated carbocycles. The summed E-state index contributed by atoms with van der Waals surface area (Å²) < 4.78 is 7.48. The lowest BCUT2D eigenvalue weighted by Gasteiger charge is -2.57. The van der Waals surface area contributed by atoms with Crippen molar-refractivity contribution in [3.8, 4) is 0 Å². The Morgan fingerprint density at radius 2 is 2.00 bits per heavy atom. The quantitative estimate of drug-likeness (QED) is 0.555. The van der Waals surface area contributed by atoms with Crippen molar-refractivity contribution in [3.05, 3.63) is 56.9 Å². The molecule has 0 spiro atoms. The summed E-state index contributed by atoms with van der Waals surface area (Å²) in [6.45, 7) is 8.87. The highest BCUT2D eigenvalue weighted by Gasteiger charge is 2.61. The molecule has 2 heterocycles. The molecule has 0 bridgehead atoms. The smallest absolute Gasteiger partial charge is 0.312 e. The van der Waals surface area contributed by atoms with E-state index < -0.39 is 4.92 Å². The van der Waals surface area contributed by atoms with Gasteiger partial charge in [-0.2, -0.15) is 5.10 Å². The summed E-state index contributed by atoms with van der Waals surface area (Å²) in [5, 5.41) is 15.5. The van der Waals surface area contributed by atoms with Crippen LogP contribution in [0.1, 0.15) is 47.6 Å². The molecular weight excluding hydrogens is 384 g/mol. The minimum atomic E-state index is -0.395. The van der Waals surface area contributed by atoms with Crippen LogP contribution in [0, 0.1) is 35.3 Å². The zero-order valence-corrected chi connectivity index (χ0v) is 18.1. The van der Waals surface area contributed by atoms with Gasteiger partial charge in [0.2, 0.25) is 0 Å². The maximum atomic E-state index is 13.1. The van der Waals surface area contributed by atoms with Crippen molar-refractivity contribution < 1.29 is 14.5 Å². The third-order valence-corrected chi connectivity index (χ3v) is 6.84. The Morgan fingerprint density at radius 1 is 1.33 bits per heavy atom. The van der Waals surface area contributed by atoms with Crippen LogP contribution >= 0.6 is 0 Å². The van der Waals surface area contributed by atoms with Gasteiger partial charge in [0, 0.05) is 36.6 Å². The average molecular weight is 412 g/mol. The zero-order chi connectivity index (χ0) is 21.8. The number of carbonyl (C=O) groups excluding carboxylic acids is 1. The molecule has 0 unspecified atom stereocenters. The maximum Gasteiger partial charge on any atom is 0.312 e. The minimum Gasteiger partial charge on any atom is -0.377 e. The van der Waals surface area contributed by atoms with E-state index in [2.05, 4.69) is 18.9 Å². The molecular formula is C22H28N4O4. The summed E-state index contributed by atoms with van der Waals surface area (Å²) >= 11 is 0. The fraction of sp³-hybridized carbons (Fsp3) is 0.545. The van der Waals surface area contributed by atoms with E-state index in [0.717, 1.165) is 18.6 Å². The summed E-state index contributed by atoms with van der Waals surface area (Å²) in [7, 11) is 1.88. The molecule has 1 aromatic heterocycles. The Kier molecular flexibility index (Phi) is 4.92. The van der Waals surface area contributed by atoms with Crippen molar-refractivity contribution in [1.82, 2.24) is 14.7 Å². The van der Waals surface area contributed by atoms with Crippen molar-refractivity contribution in [2.24, 2.45) is 11.3 Å². The first-order valence-corrected chi connectivity index (χ1v) is 10.3.